The Morgan fingerprint density at radius 2 is 1.81 bits per heavy atom. The maximum atomic E-state index is 14.3. The number of carbonyl (C=O) groups excluding carboxylic acids is 1. The van der Waals surface area contributed by atoms with Crippen molar-refractivity contribution in [2.45, 2.75) is 19.9 Å². The Morgan fingerprint density at radius 3 is 2.47 bits per heavy atom. The molecule has 47 heavy (non-hydrogen) atoms. The van der Waals surface area contributed by atoms with Crippen LogP contribution in [0.15, 0.2) is 100 Å². The van der Waals surface area contributed by atoms with E-state index in [-0.39, 0.29) is 29.2 Å². The Bertz CT molecular complexity index is 2220. The number of nitro benzene ring substituents is 1. The summed E-state index contributed by atoms with van der Waals surface area (Å²) in [7, 11) is 2.93. The highest BCUT2D eigenvalue weighted by Gasteiger charge is 2.33. The van der Waals surface area contributed by atoms with Crippen molar-refractivity contribution in [3.8, 4) is 28.4 Å². The van der Waals surface area contributed by atoms with Crippen LogP contribution in [0.1, 0.15) is 31.0 Å². The molecule has 0 saturated carbocycles. The molecule has 238 valence electrons. The summed E-state index contributed by atoms with van der Waals surface area (Å²) in [6.07, 6.45) is 3.45. The lowest BCUT2D eigenvalue weighted by Crippen LogP contribution is -2.39. The first-order valence-corrected chi connectivity index (χ1v) is 15.4. The number of thiazole rings is 1. The van der Waals surface area contributed by atoms with E-state index in [1.165, 1.54) is 35.1 Å². The predicted octanol–water partition coefficient (Wildman–Crippen LogP) is 4.58. The van der Waals surface area contributed by atoms with Gasteiger partial charge in [0.15, 0.2) is 10.6 Å². The number of aromatic nitrogens is 3. The van der Waals surface area contributed by atoms with E-state index in [9.17, 15) is 19.7 Å². The second-order valence-corrected chi connectivity index (χ2v) is 11.4. The smallest absolute Gasteiger partial charge is 0.338 e. The van der Waals surface area contributed by atoms with E-state index in [1.807, 2.05) is 30.3 Å². The van der Waals surface area contributed by atoms with Crippen LogP contribution in [0.2, 0.25) is 0 Å². The monoisotopic (exact) mass is 651 g/mol. The fraction of sp³-hybridized carbons (Fsp3) is 0.176. The van der Waals surface area contributed by atoms with Crippen molar-refractivity contribution in [3.05, 3.63) is 131 Å². The zero-order chi connectivity index (χ0) is 33.2. The molecule has 0 fully saturated rings. The molecule has 0 radical (unpaired) electrons. The van der Waals surface area contributed by atoms with Gasteiger partial charge in [0.2, 0.25) is 0 Å². The third kappa shape index (κ3) is 5.84. The van der Waals surface area contributed by atoms with Gasteiger partial charge in [-0.1, -0.05) is 41.7 Å². The van der Waals surface area contributed by atoms with E-state index in [0.717, 1.165) is 5.69 Å². The van der Waals surface area contributed by atoms with Crippen LogP contribution < -0.4 is 24.4 Å². The van der Waals surface area contributed by atoms with Crippen LogP contribution in [0.25, 0.3) is 23.0 Å². The topological polar surface area (TPSA) is 140 Å². The van der Waals surface area contributed by atoms with E-state index in [2.05, 4.69) is 4.99 Å². The standard InChI is InChI=1S/C34H29N5O7S/c1-5-46-33(41)29-20(2)35-34-38(31(29)21-11-14-25(44-3)15-12-21)32(40)28(47-34)18-23-19-37(24-9-7-6-8-10-24)36-30(23)22-13-16-27(45-4)26(17-22)39(42)43/h6-19,31H,5H2,1-4H3/b28-18-/t31-/m0/s1. The van der Waals surface area contributed by atoms with Crippen LogP contribution in [0.3, 0.4) is 0 Å². The van der Waals surface area contributed by atoms with Gasteiger partial charge in [-0.2, -0.15) is 5.10 Å². The van der Waals surface area contributed by atoms with Gasteiger partial charge in [0.05, 0.1) is 53.3 Å². The number of rotatable bonds is 9. The fourth-order valence-corrected chi connectivity index (χ4v) is 6.48. The van der Waals surface area contributed by atoms with E-state index in [4.69, 9.17) is 19.3 Å². The molecule has 12 nitrogen and oxygen atoms in total. The van der Waals surface area contributed by atoms with Crippen molar-refractivity contribution in [1.82, 2.24) is 14.3 Å². The summed E-state index contributed by atoms with van der Waals surface area (Å²) in [5, 5.41) is 16.6. The van der Waals surface area contributed by atoms with Crippen LogP contribution >= 0.6 is 11.3 Å². The summed E-state index contributed by atoms with van der Waals surface area (Å²) >= 11 is 1.17. The van der Waals surface area contributed by atoms with E-state index >= 15 is 0 Å². The second kappa shape index (κ2) is 12.9. The molecule has 1 aliphatic heterocycles. The van der Waals surface area contributed by atoms with Crippen LogP contribution in [0, 0.1) is 10.1 Å². The molecule has 1 atom stereocenters. The van der Waals surface area contributed by atoms with Gasteiger partial charge in [-0.25, -0.2) is 14.5 Å². The molecule has 1 aliphatic rings. The third-order valence-electron chi connectivity index (χ3n) is 7.65. The van der Waals surface area contributed by atoms with Crippen LogP contribution in [-0.4, -0.2) is 46.1 Å². The minimum Gasteiger partial charge on any atom is -0.497 e. The van der Waals surface area contributed by atoms with Crippen molar-refractivity contribution in [2.24, 2.45) is 4.99 Å². The SMILES string of the molecule is CCOC(=O)C1=C(C)N=c2s/c(=C\c3cn(-c4ccccc4)nc3-c3ccc(OC)c([N+](=O)[O-])c3)c(=O)n2[C@H]1c1ccc(OC)cc1. The zero-order valence-electron chi connectivity index (χ0n) is 25.9. The summed E-state index contributed by atoms with van der Waals surface area (Å²) in [6.45, 7) is 3.60. The number of nitro groups is 1. The van der Waals surface area contributed by atoms with E-state index in [0.29, 0.717) is 43.2 Å². The molecule has 0 spiro atoms. The van der Waals surface area contributed by atoms with E-state index < -0.39 is 16.9 Å². The lowest BCUT2D eigenvalue weighted by molar-refractivity contribution is -0.385. The molecule has 5 aromatic rings. The molecular formula is C34H29N5O7S. The number of allylic oxidation sites excluding steroid dienone is 1. The molecule has 6 rings (SSSR count). The van der Waals surface area contributed by atoms with Gasteiger partial charge in [-0.05, 0) is 61.9 Å². The molecule has 0 unspecified atom stereocenters. The largest absolute Gasteiger partial charge is 0.497 e. The van der Waals surface area contributed by atoms with Crippen molar-refractivity contribution in [2.75, 3.05) is 20.8 Å². The molecule has 0 N–H and O–H groups in total. The molecule has 0 bridgehead atoms. The minimum atomic E-state index is -0.797. The zero-order valence-corrected chi connectivity index (χ0v) is 26.7. The number of hydrogen-bond donors (Lipinski definition) is 0. The molecular weight excluding hydrogens is 622 g/mol. The van der Waals surface area contributed by atoms with Crippen molar-refractivity contribution < 1.29 is 23.9 Å². The molecule has 3 aromatic carbocycles. The Kier molecular flexibility index (Phi) is 8.55. The lowest BCUT2D eigenvalue weighted by atomic mass is 9.96. The third-order valence-corrected chi connectivity index (χ3v) is 8.63. The number of methoxy groups -OCH3 is 2. The van der Waals surface area contributed by atoms with Crippen molar-refractivity contribution in [3.63, 3.8) is 0 Å². The Labute approximate surface area is 272 Å². The quantitative estimate of drug-likeness (QED) is 0.128. The average molecular weight is 652 g/mol. The van der Waals surface area contributed by atoms with Crippen LogP contribution in [0.5, 0.6) is 11.5 Å². The Morgan fingerprint density at radius 1 is 1.06 bits per heavy atom. The van der Waals surface area contributed by atoms with Crippen LogP contribution in [0.4, 0.5) is 5.69 Å². The highest BCUT2D eigenvalue weighted by molar-refractivity contribution is 7.07. The van der Waals surface area contributed by atoms with Gasteiger partial charge < -0.3 is 14.2 Å². The van der Waals surface area contributed by atoms with Gasteiger partial charge >= 0.3 is 11.7 Å². The van der Waals surface area contributed by atoms with Gasteiger partial charge in [0.1, 0.15) is 11.4 Å². The number of nitrogens with zero attached hydrogens (tertiary/aromatic N) is 5. The first-order chi connectivity index (χ1) is 22.7. The second-order valence-electron chi connectivity index (χ2n) is 10.4. The van der Waals surface area contributed by atoms with Crippen LogP contribution in [-0.2, 0) is 9.53 Å². The highest BCUT2D eigenvalue weighted by atomic mass is 32.1. The number of benzene rings is 3. The summed E-state index contributed by atoms with van der Waals surface area (Å²) in [5.74, 6) is 0.181. The summed E-state index contributed by atoms with van der Waals surface area (Å²) < 4.78 is 19.4. The number of carbonyl (C=O) groups is 1. The first-order valence-electron chi connectivity index (χ1n) is 14.6. The number of ether oxygens (including phenoxy) is 3. The van der Waals surface area contributed by atoms with E-state index in [1.54, 1.807) is 68.2 Å². The number of para-hydroxylation sites is 1. The number of fused-ring (bicyclic) bond motifs is 1. The molecule has 0 amide bonds. The van der Waals surface area contributed by atoms with Gasteiger partial charge in [-0.3, -0.25) is 19.5 Å². The Hall–Kier alpha value is -5.82. The molecule has 0 aliphatic carbocycles. The molecule has 0 saturated heterocycles. The normalized spacial score (nSPS) is 14.4. The molecule has 13 heteroatoms. The maximum Gasteiger partial charge on any atom is 0.338 e. The average Bonchev–Trinajstić information content (AvgIpc) is 3.64. The van der Waals surface area contributed by atoms with Crippen molar-refractivity contribution in [1.29, 1.82) is 0 Å². The summed E-state index contributed by atoms with van der Waals surface area (Å²) in [4.78, 5) is 43.9. The predicted molar refractivity (Wildman–Crippen MR) is 176 cm³/mol. The lowest BCUT2D eigenvalue weighted by Gasteiger charge is -2.24. The molecule has 2 aromatic heterocycles. The summed E-state index contributed by atoms with van der Waals surface area (Å²) in [6, 6.07) is 20.3. The highest BCUT2D eigenvalue weighted by Crippen LogP contribution is 2.34. The fourth-order valence-electron chi connectivity index (χ4n) is 5.44. The minimum absolute atomic E-state index is 0.113. The number of hydrogen-bond acceptors (Lipinski definition) is 10. The van der Waals surface area contributed by atoms with Crippen molar-refractivity contribution >= 4 is 29.1 Å². The van der Waals surface area contributed by atoms with Gasteiger partial charge in [0, 0.05) is 23.4 Å². The van der Waals surface area contributed by atoms with Gasteiger partial charge in [-0.15, -0.1) is 0 Å². The Balaban J connectivity index is 1.57. The molecule has 3 heterocycles. The summed E-state index contributed by atoms with van der Waals surface area (Å²) in [5.41, 5.74) is 2.98. The van der Waals surface area contributed by atoms with Gasteiger partial charge in [0.25, 0.3) is 5.56 Å². The first kappa shape index (κ1) is 31.2. The maximum absolute atomic E-state index is 14.3. The number of esters is 1.